The van der Waals surface area contributed by atoms with Crippen LogP contribution < -0.4 is 5.32 Å². The summed E-state index contributed by atoms with van der Waals surface area (Å²) in [4.78, 5) is 0. The second-order valence-corrected chi connectivity index (χ2v) is 4.08. The average molecular weight is 173 g/mol. The minimum Gasteiger partial charge on any atom is -0.313 e. The highest BCUT2D eigenvalue weighted by Gasteiger charge is 2.20. The minimum atomic E-state index is 0.607. The molecule has 2 heteroatoms. The lowest BCUT2D eigenvalue weighted by Crippen LogP contribution is -2.39. The van der Waals surface area contributed by atoms with E-state index in [9.17, 15) is 0 Å². The Balaban J connectivity index is 2.18. The molecule has 0 saturated heterocycles. The van der Waals surface area contributed by atoms with Crippen LogP contribution in [0.25, 0.3) is 0 Å². The molecule has 0 aromatic rings. The molecule has 1 N–H and O–H groups in total. The van der Waals surface area contributed by atoms with E-state index < -0.39 is 0 Å². The van der Waals surface area contributed by atoms with Crippen molar-refractivity contribution in [1.82, 2.24) is 5.32 Å². The quantitative estimate of drug-likeness (QED) is 0.624. The maximum atomic E-state index is 4.57. The van der Waals surface area contributed by atoms with Gasteiger partial charge in [-0.3, -0.25) is 0 Å². The van der Waals surface area contributed by atoms with Crippen LogP contribution in [-0.4, -0.2) is 17.8 Å². The van der Waals surface area contributed by atoms with E-state index in [0.29, 0.717) is 11.3 Å². The number of thiol groups is 1. The summed E-state index contributed by atoms with van der Waals surface area (Å²) in [5, 5.41) is 4.15. The molecule has 0 heterocycles. The fourth-order valence-corrected chi connectivity index (χ4v) is 2.12. The Bertz CT molecular complexity index is 106. The molecular formula is C9H19NS. The lowest BCUT2D eigenvalue weighted by atomic mass is 9.95. The Kier molecular flexibility index (Phi) is 4.31. The molecule has 1 nitrogen and oxygen atoms in total. The standard InChI is InChI=1S/C9H19NS/c1-2-7-10-8-5-3-4-6-9(8)11/h8-11H,2-7H2,1H3. The summed E-state index contributed by atoms with van der Waals surface area (Å²) in [6.07, 6.45) is 6.62. The monoisotopic (exact) mass is 173 g/mol. The summed E-state index contributed by atoms with van der Waals surface area (Å²) in [7, 11) is 0. The maximum Gasteiger partial charge on any atom is 0.0184 e. The van der Waals surface area contributed by atoms with Crippen LogP contribution in [0.3, 0.4) is 0 Å². The van der Waals surface area contributed by atoms with E-state index in [2.05, 4.69) is 24.9 Å². The first-order valence-corrected chi connectivity index (χ1v) is 5.27. The van der Waals surface area contributed by atoms with Crippen LogP contribution in [0.5, 0.6) is 0 Å². The van der Waals surface area contributed by atoms with Crippen molar-refractivity contribution in [2.75, 3.05) is 6.54 Å². The lowest BCUT2D eigenvalue weighted by Gasteiger charge is -2.28. The molecule has 0 bridgehead atoms. The number of hydrogen-bond acceptors (Lipinski definition) is 2. The van der Waals surface area contributed by atoms with Gasteiger partial charge < -0.3 is 5.32 Å². The predicted octanol–water partition coefficient (Wildman–Crippen LogP) is 2.23. The van der Waals surface area contributed by atoms with Crippen molar-refractivity contribution in [1.29, 1.82) is 0 Å². The Morgan fingerprint density at radius 1 is 1.36 bits per heavy atom. The molecule has 2 atom stereocenters. The van der Waals surface area contributed by atoms with Crippen molar-refractivity contribution in [3.8, 4) is 0 Å². The molecule has 2 unspecified atom stereocenters. The molecule has 11 heavy (non-hydrogen) atoms. The molecule has 0 radical (unpaired) electrons. The van der Waals surface area contributed by atoms with Gasteiger partial charge in [-0.15, -0.1) is 0 Å². The largest absolute Gasteiger partial charge is 0.313 e. The highest BCUT2D eigenvalue weighted by molar-refractivity contribution is 7.81. The van der Waals surface area contributed by atoms with Crippen LogP contribution in [0.1, 0.15) is 39.0 Å². The average Bonchev–Trinajstić information content (AvgIpc) is 2.03. The second-order valence-electron chi connectivity index (χ2n) is 3.41. The van der Waals surface area contributed by atoms with Crippen LogP contribution in [0.15, 0.2) is 0 Å². The van der Waals surface area contributed by atoms with Gasteiger partial charge in [-0.05, 0) is 25.8 Å². The van der Waals surface area contributed by atoms with Crippen LogP contribution in [0, 0.1) is 0 Å². The zero-order valence-electron chi connectivity index (χ0n) is 7.34. The molecule has 66 valence electrons. The topological polar surface area (TPSA) is 12.0 Å². The number of rotatable bonds is 3. The van der Waals surface area contributed by atoms with Crippen molar-refractivity contribution in [3.63, 3.8) is 0 Å². The van der Waals surface area contributed by atoms with Crippen molar-refractivity contribution in [2.24, 2.45) is 0 Å². The Morgan fingerprint density at radius 2 is 2.09 bits per heavy atom. The van der Waals surface area contributed by atoms with Gasteiger partial charge >= 0.3 is 0 Å². The minimum absolute atomic E-state index is 0.607. The first-order valence-electron chi connectivity index (χ1n) is 4.76. The molecule has 1 aliphatic rings. The van der Waals surface area contributed by atoms with Crippen LogP contribution in [-0.2, 0) is 0 Å². The van der Waals surface area contributed by atoms with Gasteiger partial charge in [0.1, 0.15) is 0 Å². The van der Waals surface area contributed by atoms with E-state index in [0.717, 1.165) is 6.54 Å². The molecule has 0 aliphatic heterocycles. The van der Waals surface area contributed by atoms with E-state index in [-0.39, 0.29) is 0 Å². The van der Waals surface area contributed by atoms with Gasteiger partial charge in [-0.25, -0.2) is 0 Å². The van der Waals surface area contributed by atoms with E-state index in [4.69, 9.17) is 0 Å². The summed E-state index contributed by atoms with van der Waals surface area (Å²) in [6.45, 7) is 3.37. The SMILES string of the molecule is CCCNC1CCCCC1S. The summed E-state index contributed by atoms with van der Waals surface area (Å²) < 4.78 is 0. The summed E-state index contributed by atoms with van der Waals surface area (Å²) in [6, 6.07) is 0.687. The van der Waals surface area contributed by atoms with Gasteiger partial charge in [-0.2, -0.15) is 12.6 Å². The van der Waals surface area contributed by atoms with Gasteiger partial charge in [-0.1, -0.05) is 19.8 Å². The van der Waals surface area contributed by atoms with Crippen molar-refractivity contribution in [3.05, 3.63) is 0 Å². The molecule has 0 amide bonds. The van der Waals surface area contributed by atoms with Crippen molar-refractivity contribution < 1.29 is 0 Å². The maximum absolute atomic E-state index is 4.57. The Hall–Kier alpha value is 0.310. The van der Waals surface area contributed by atoms with E-state index in [1.165, 1.54) is 32.1 Å². The lowest BCUT2D eigenvalue weighted by molar-refractivity contribution is 0.386. The zero-order valence-corrected chi connectivity index (χ0v) is 8.24. The smallest absolute Gasteiger partial charge is 0.0184 e. The van der Waals surface area contributed by atoms with Gasteiger partial charge in [0.05, 0.1) is 0 Å². The molecule has 0 spiro atoms. The van der Waals surface area contributed by atoms with Gasteiger partial charge in [0.25, 0.3) is 0 Å². The number of hydrogen-bond donors (Lipinski definition) is 2. The third kappa shape index (κ3) is 3.04. The summed E-state index contributed by atoms with van der Waals surface area (Å²) in [5.41, 5.74) is 0. The fourth-order valence-electron chi connectivity index (χ4n) is 1.68. The predicted molar refractivity (Wildman–Crippen MR) is 53.3 cm³/mol. The zero-order chi connectivity index (χ0) is 8.10. The molecule has 0 aromatic carbocycles. The van der Waals surface area contributed by atoms with Crippen LogP contribution in [0.4, 0.5) is 0 Å². The third-order valence-electron chi connectivity index (χ3n) is 2.39. The highest BCUT2D eigenvalue weighted by atomic mass is 32.1. The summed E-state index contributed by atoms with van der Waals surface area (Å²) in [5.74, 6) is 0. The Morgan fingerprint density at radius 3 is 2.73 bits per heavy atom. The third-order valence-corrected chi connectivity index (χ3v) is 3.00. The van der Waals surface area contributed by atoms with Crippen molar-refractivity contribution >= 4 is 12.6 Å². The highest BCUT2D eigenvalue weighted by Crippen LogP contribution is 2.22. The van der Waals surface area contributed by atoms with E-state index in [1.54, 1.807) is 0 Å². The second kappa shape index (κ2) is 5.04. The summed E-state index contributed by atoms with van der Waals surface area (Å²) >= 11 is 4.57. The molecule has 1 rings (SSSR count). The van der Waals surface area contributed by atoms with Crippen molar-refractivity contribution in [2.45, 2.75) is 50.3 Å². The molecule has 1 saturated carbocycles. The van der Waals surface area contributed by atoms with E-state index >= 15 is 0 Å². The van der Waals surface area contributed by atoms with E-state index in [1.807, 2.05) is 0 Å². The fraction of sp³-hybridized carbons (Fsp3) is 1.00. The molecular weight excluding hydrogens is 154 g/mol. The Labute approximate surface area is 75.4 Å². The van der Waals surface area contributed by atoms with Gasteiger partial charge in [0.15, 0.2) is 0 Å². The molecule has 0 aromatic heterocycles. The molecule has 1 fully saturated rings. The normalized spacial score (nSPS) is 32.2. The number of nitrogens with one attached hydrogen (secondary N) is 1. The molecule has 1 aliphatic carbocycles. The van der Waals surface area contributed by atoms with Crippen LogP contribution in [0.2, 0.25) is 0 Å². The van der Waals surface area contributed by atoms with Gasteiger partial charge in [0, 0.05) is 11.3 Å². The van der Waals surface area contributed by atoms with Gasteiger partial charge in [0.2, 0.25) is 0 Å². The first-order chi connectivity index (χ1) is 5.34. The van der Waals surface area contributed by atoms with Crippen LogP contribution >= 0.6 is 12.6 Å². The first kappa shape index (κ1) is 9.40.